The molecule has 0 saturated carbocycles. The number of nitrogen functional groups attached to an aromatic ring is 1. The van der Waals surface area contributed by atoms with Crippen molar-refractivity contribution in [1.82, 2.24) is 10.3 Å². The quantitative estimate of drug-likeness (QED) is 0.835. The van der Waals surface area contributed by atoms with Gasteiger partial charge in [0.05, 0.1) is 22.8 Å². The van der Waals surface area contributed by atoms with E-state index in [1.165, 1.54) is 29.5 Å². The maximum atomic E-state index is 13.4. The van der Waals surface area contributed by atoms with Gasteiger partial charge in [-0.1, -0.05) is 0 Å². The van der Waals surface area contributed by atoms with Crippen LogP contribution in [0.25, 0.3) is 0 Å². The largest absolute Gasteiger partial charge is 0.399 e. The molecule has 0 aliphatic rings. The topological polar surface area (TPSA) is 68.0 Å². The number of carbonyl (C=O) groups excluding carboxylic acids is 1. The third-order valence-corrected chi connectivity index (χ3v) is 3.15. The highest BCUT2D eigenvalue weighted by Crippen LogP contribution is 2.12. The van der Waals surface area contributed by atoms with Crippen LogP contribution in [0.1, 0.15) is 21.1 Å². The first kappa shape index (κ1) is 12.5. The number of hydrogen-bond acceptors (Lipinski definition) is 4. The Morgan fingerprint density at radius 3 is 3.00 bits per heavy atom. The molecule has 0 aliphatic heterocycles. The molecule has 0 spiro atoms. The van der Waals surface area contributed by atoms with Gasteiger partial charge in [-0.2, -0.15) is 0 Å². The van der Waals surface area contributed by atoms with Gasteiger partial charge in [-0.15, -0.1) is 11.3 Å². The van der Waals surface area contributed by atoms with Crippen molar-refractivity contribution in [2.24, 2.45) is 0 Å². The number of benzene rings is 1. The number of nitrogens with one attached hydrogen (secondary N) is 1. The van der Waals surface area contributed by atoms with Crippen LogP contribution in [-0.4, -0.2) is 10.9 Å². The Hall–Kier alpha value is -1.95. The maximum absolute atomic E-state index is 13.4. The number of nitrogens with two attached hydrogens (primary N) is 1. The van der Waals surface area contributed by atoms with E-state index >= 15 is 0 Å². The van der Waals surface area contributed by atoms with Gasteiger partial charge in [-0.25, -0.2) is 9.37 Å². The Morgan fingerprint density at radius 2 is 2.33 bits per heavy atom. The molecule has 2 rings (SSSR count). The Labute approximate surface area is 108 Å². The number of halogens is 1. The van der Waals surface area contributed by atoms with Crippen molar-refractivity contribution < 1.29 is 9.18 Å². The van der Waals surface area contributed by atoms with Crippen LogP contribution in [0.3, 0.4) is 0 Å². The van der Waals surface area contributed by atoms with Crippen LogP contribution in [-0.2, 0) is 6.54 Å². The number of carbonyl (C=O) groups is 1. The molecule has 1 amide bonds. The predicted molar refractivity (Wildman–Crippen MR) is 68.8 cm³/mol. The van der Waals surface area contributed by atoms with Crippen molar-refractivity contribution in [2.75, 3.05) is 5.73 Å². The Balaban J connectivity index is 2.05. The third-order valence-electron chi connectivity index (χ3n) is 2.33. The summed E-state index contributed by atoms with van der Waals surface area (Å²) in [5.41, 5.74) is 6.58. The minimum absolute atomic E-state index is 0.0537. The average molecular weight is 265 g/mol. The summed E-state index contributed by atoms with van der Waals surface area (Å²) in [6.45, 7) is 2.16. The Bertz CT molecular complexity index is 582. The smallest absolute Gasteiger partial charge is 0.254 e. The maximum Gasteiger partial charge on any atom is 0.254 e. The lowest BCUT2D eigenvalue weighted by Crippen LogP contribution is -2.24. The van der Waals surface area contributed by atoms with Gasteiger partial charge in [0, 0.05) is 11.1 Å². The predicted octanol–water partition coefficient (Wildman–Crippen LogP) is 2.10. The van der Waals surface area contributed by atoms with Gasteiger partial charge >= 0.3 is 0 Å². The highest BCUT2D eigenvalue weighted by Gasteiger charge is 2.12. The second-order valence-corrected chi connectivity index (χ2v) is 4.84. The second-order valence-electron chi connectivity index (χ2n) is 3.78. The van der Waals surface area contributed by atoms with E-state index in [2.05, 4.69) is 10.3 Å². The van der Waals surface area contributed by atoms with Crippen molar-refractivity contribution in [3.8, 4) is 0 Å². The summed E-state index contributed by atoms with van der Waals surface area (Å²) in [6.07, 6.45) is 0. The van der Waals surface area contributed by atoms with Crippen LogP contribution < -0.4 is 11.1 Å². The molecule has 0 unspecified atom stereocenters. The summed E-state index contributed by atoms with van der Waals surface area (Å²) in [5, 5.41) is 5.38. The minimum Gasteiger partial charge on any atom is -0.399 e. The van der Waals surface area contributed by atoms with Crippen molar-refractivity contribution >= 4 is 22.9 Å². The molecule has 0 fully saturated rings. The Kier molecular flexibility index (Phi) is 3.57. The lowest BCUT2D eigenvalue weighted by atomic mass is 10.2. The van der Waals surface area contributed by atoms with Crippen molar-refractivity contribution in [3.63, 3.8) is 0 Å². The fraction of sp³-hybridized carbons (Fsp3) is 0.167. The van der Waals surface area contributed by atoms with Crippen LogP contribution in [0.5, 0.6) is 0 Å². The standard InChI is InChI=1S/C12H12FN3OS/c1-7-16-9(6-18-7)5-15-12(17)10-4-8(14)2-3-11(10)13/h2-4,6H,5,14H2,1H3,(H,15,17). The molecule has 3 N–H and O–H groups in total. The number of thiazole rings is 1. The fourth-order valence-electron chi connectivity index (χ4n) is 1.47. The molecule has 0 atom stereocenters. The average Bonchev–Trinajstić information content (AvgIpc) is 2.75. The van der Waals surface area contributed by atoms with E-state index in [-0.39, 0.29) is 12.1 Å². The second kappa shape index (κ2) is 5.14. The third kappa shape index (κ3) is 2.84. The minimum atomic E-state index is -0.587. The lowest BCUT2D eigenvalue weighted by molar-refractivity contribution is 0.0946. The van der Waals surface area contributed by atoms with E-state index in [9.17, 15) is 9.18 Å². The molecule has 2 aromatic rings. The van der Waals surface area contributed by atoms with Gasteiger partial charge in [0.1, 0.15) is 5.82 Å². The van der Waals surface area contributed by atoms with Crippen molar-refractivity contribution in [2.45, 2.75) is 13.5 Å². The van der Waals surface area contributed by atoms with Crippen molar-refractivity contribution in [3.05, 3.63) is 45.7 Å². The van der Waals surface area contributed by atoms with E-state index in [1.807, 2.05) is 12.3 Å². The van der Waals surface area contributed by atoms with E-state index in [0.29, 0.717) is 5.69 Å². The van der Waals surface area contributed by atoms with E-state index < -0.39 is 11.7 Å². The number of hydrogen-bond donors (Lipinski definition) is 2. The van der Waals surface area contributed by atoms with E-state index in [4.69, 9.17) is 5.73 Å². The number of anilines is 1. The first-order chi connectivity index (χ1) is 8.56. The number of aryl methyl sites for hydroxylation is 1. The first-order valence-electron chi connectivity index (χ1n) is 5.30. The van der Waals surface area contributed by atoms with Crippen LogP contribution in [0, 0.1) is 12.7 Å². The van der Waals surface area contributed by atoms with Gasteiger partial charge in [-0.05, 0) is 25.1 Å². The van der Waals surface area contributed by atoms with Crippen LogP contribution in [0.4, 0.5) is 10.1 Å². The molecule has 0 aliphatic carbocycles. The molecule has 6 heteroatoms. The monoisotopic (exact) mass is 265 g/mol. The summed E-state index contributed by atoms with van der Waals surface area (Å²) in [5.74, 6) is -1.08. The Morgan fingerprint density at radius 1 is 1.56 bits per heavy atom. The van der Waals surface area contributed by atoms with Gasteiger partial charge in [-0.3, -0.25) is 4.79 Å². The molecule has 1 heterocycles. The van der Waals surface area contributed by atoms with Crippen molar-refractivity contribution in [1.29, 1.82) is 0 Å². The highest BCUT2D eigenvalue weighted by molar-refractivity contribution is 7.09. The molecular formula is C12H12FN3OS. The number of rotatable bonds is 3. The van der Waals surface area contributed by atoms with Crippen LogP contribution in [0.2, 0.25) is 0 Å². The lowest BCUT2D eigenvalue weighted by Gasteiger charge is -2.05. The normalized spacial score (nSPS) is 10.3. The van der Waals surface area contributed by atoms with Gasteiger partial charge in [0.2, 0.25) is 0 Å². The zero-order valence-corrected chi connectivity index (χ0v) is 10.6. The molecule has 1 aromatic heterocycles. The molecule has 0 saturated heterocycles. The molecule has 94 valence electrons. The summed E-state index contributed by atoms with van der Waals surface area (Å²) >= 11 is 1.50. The summed E-state index contributed by atoms with van der Waals surface area (Å²) in [6, 6.07) is 3.91. The molecule has 0 radical (unpaired) electrons. The highest BCUT2D eigenvalue weighted by atomic mass is 32.1. The summed E-state index contributed by atoms with van der Waals surface area (Å²) < 4.78 is 13.4. The zero-order valence-electron chi connectivity index (χ0n) is 9.74. The van der Waals surface area contributed by atoms with Gasteiger partial charge in [0.25, 0.3) is 5.91 Å². The van der Waals surface area contributed by atoms with Gasteiger partial charge in [0.15, 0.2) is 0 Å². The number of amides is 1. The van der Waals surface area contributed by atoms with Gasteiger partial charge < -0.3 is 11.1 Å². The molecule has 1 aromatic carbocycles. The van der Waals surface area contributed by atoms with E-state index in [0.717, 1.165) is 10.7 Å². The zero-order chi connectivity index (χ0) is 13.1. The number of nitrogens with zero attached hydrogens (tertiary/aromatic N) is 1. The summed E-state index contributed by atoms with van der Waals surface area (Å²) in [7, 11) is 0. The molecule has 4 nitrogen and oxygen atoms in total. The molecular weight excluding hydrogens is 253 g/mol. The first-order valence-corrected chi connectivity index (χ1v) is 6.18. The van der Waals surface area contributed by atoms with Crippen LogP contribution in [0.15, 0.2) is 23.6 Å². The number of aromatic nitrogens is 1. The SMILES string of the molecule is Cc1nc(CNC(=O)c2cc(N)ccc2F)cs1. The molecule has 0 bridgehead atoms. The fourth-order valence-corrected chi connectivity index (χ4v) is 2.08. The molecule has 18 heavy (non-hydrogen) atoms. The summed E-state index contributed by atoms with van der Waals surface area (Å²) in [4.78, 5) is 16.0. The van der Waals surface area contributed by atoms with E-state index in [1.54, 1.807) is 0 Å². The van der Waals surface area contributed by atoms with Crippen LogP contribution >= 0.6 is 11.3 Å².